The van der Waals surface area contributed by atoms with Gasteiger partial charge in [0.25, 0.3) is 0 Å². The fraction of sp³-hybridized carbons (Fsp3) is 0.500. The monoisotopic (exact) mass is 282 g/mol. The van der Waals surface area contributed by atoms with E-state index in [1.165, 1.54) is 0 Å². The van der Waals surface area contributed by atoms with Gasteiger partial charge < -0.3 is 24.1 Å². The van der Waals surface area contributed by atoms with Crippen molar-refractivity contribution in [3.8, 4) is 11.5 Å². The van der Waals surface area contributed by atoms with E-state index in [0.717, 1.165) is 0 Å². The number of carbonyl (C=O) groups excluding carboxylic acids is 1. The average Bonchev–Trinajstić information content (AvgIpc) is 2.82. The molecule has 1 aliphatic rings. The third kappa shape index (κ3) is 3.93. The van der Waals surface area contributed by atoms with Crippen LogP contribution in [0.4, 0.5) is 0 Å². The lowest BCUT2D eigenvalue weighted by atomic mass is 10.1. The van der Waals surface area contributed by atoms with E-state index >= 15 is 0 Å². The van der Waals surface area contributed by atoms with Gasteiger partial charge in [0.05, 0.1) is 25.4 Å². The van der Waals surface area contributed by atoms with E-state index < -0.39 is 6.10 Å². The zero-order valence-electron chi connectivity index (χ0n) is 11.3. The van der Waals surface area contributed by atoms with E-state index in [4.69, 9.17) is 18.9 Å². The lowest BCUT2D eigenvalue weighted by molar-refractivity contribution is -0.00421. The molecule has 0 aliphatic carbocycles. The zero-order valence-corrected chi connectivity index (χ0v) is 11.3. The Morgan fingerprint density at radius 2 is 2.20 bits per heavy atom. The molecule has 0 fully saturated rings. The molecule has 2 rings (SSSR count). The smallest absolute Gasteiger partial charge is 0.203 e. The summed E-state index contributed by atoms with van der Waals surface area (Å²) in [7, 11) is 1.59. The third-order valence-electron chi connectivity index (χ3n) is 2.80. The second-order valence-electron chi connectivity index (χ2n) is 4.40. The summed E-state index contributed by atoms with van der Waals surface area (Å²) in [6.07, 6.45) is -0.720. The summed E-state index contributed by atoms with van der Waals surface area (Å²) < 4.78 is 20.7. The molecule has 0 bridgehead atoms. The predicted octanol–water partition coefficient (Wildman–Crippen LogP) is 0.664. The van der Waals surface area contributed by atoms with Crippen molar-refractivity contribution in [3.63, 3.8) is 0 Å². The van der Waals surface area contributed by atoms with Crippen LogP contribution >= 0.6 is 0 Å². The number of fused-ring (bicyclic) bond motifs is 1. The zero-order chi connectivity index (χ0) is 14.4. The first-order valence-corrected chi connectivity index (χ1v) is 6.38. The standard InChI is InChI=1S/C14H18O6/c1-17-4-5-18-7-10(15)8-19-11-2-3-12-13(16)9-20-14(12)6-11/h2-3,6,10,15H,4-5,7-9H2,1H3. The molecule has 1 aromatic rings. The van der Waals surface area contributed by atoms with Gasteiger partial charge in [0.15, 0.2) is 6.61 Å². The van der Waals surface area contributed by atoms with Gasteiger partial charge in [-0.25, -0.2) is 0 Å². The highest BCUT2D eigenvalue weighted by atomic mass is 16.5. The summed E-state index contributed by atoms with van der Waals surface area (Å²) in [5.74, 6) is 1.05. The second kappa shape index (κ2) is 7.23. The number of benzene rings is 1. The number of hydrogen-bond acceptors (Lipinski definition) is 6. The van der Waals surface area contributed by atoms with Crippen LogP contribution in [0.1, 0.15) is 10.4 Å². The van der Waals surface area contributed by atoms with Gasteiger partial charge in [0, 0.05) is 13.2 Å². The van der Waals surface area contributed by atoms with Crippen LogP contribution in [0.25, 0.3) is 0 Å². The van der Waals surface area contributed by atoms with Crippen molar-refractivity contribution in [2.24, 2.45) is 0 Å². The van der Waals surface area contributed by atoms with Crippen molar-refractivity contribution >= 4 is 5.78 Å². The fourth-order valence-electron chi connectivity index (χ4n) is 1.77. The summed E-state index contributed by atoms with van der Waals surface area (Å²) in [5, 5.41) is 9.67. The summed E-state index contributed by atoms with van der Waals surface area (Å²) >= 11 is 0. The average molecular weight is 282 g/mol. The molecule has 1 aliphatic heterocycles. The topological polar surface area (TPSA) is 74.2 Å². The molecule has 0 saturated carbocycles. The van der Waals surface area contributed by atoms with Crippen LogP contribution in [0.2, 0.25) is 0 Å². The maximum Gasteiger partial charge on any atom is 0.203 e. The minimum Gasteiger partial charge on any atom is -0.491 e. The number of rotatable bonds is 8. The molecule has 1 aromatic carbocycles. The highest BCUT2D eigenvalue weighted by Crippen LogP contribution is 2.29. The summed E-state index contributed by atoms with van der Waals surface area (Å²) in [4.78, 5) is 11.4. The number of hydrogen-bond donors (Lipinski definition) is 1. The van der Waals surface area contributed by atoms with Crippen molar-refractivity contribution in [3.05, 3.63) is 23.8 Å². The number of carbonyl (C=O) groups is 1. The Balaban J connectivity index is 1.75. The Bertz CT molecular complexity index is 459. The largest absolute Gasteiger partial charge is 0.491 e. The molecule has 1 atom stereocenters. The number of ether oxygens (including phenoxy) is 4. The van der Waals surface area contributed by atoms with Crippen molar-refractivity contribution in [2.75, 3.05) is 40.1 Å². The molecule has 0 spiro atoms. The molecule has 0 saturated heterocycles. The first-order valence-electron chi connectivity index (χ1n) is 6.38. The van der Waals surface area contributed by atoms with E-state index in [1.807, 2.05) is 0 Å². The van der Waals surface area contributed by atoms with Crippen LogP contribution in [0.3, 0.4) is 0 Å². The minimum atomic E-state index is -0.720. The Morgan fingerprint density at radius 1 is 1.35 bits per heavy atom. The fourth-order valence-corrected chi connectivity index (χ4v) is 1.77. The first kappa shape index (κ1) is 14.8. The van der Waals surface area contributed by atoms with Gasteiger partial charge in [-0.05, 0) is 12.1 Å². The molecular formula is C14H18O6. The van der Waals surface area contributed by atoms with Gasteiger partial charge >= 0.3 is 0 Å². The van der Waals surface area contributed by atoms with Gasteiger partial charge in [-0.15, -0.1) is 0 Å². The lowest BCUT2D eigenvalue weighted by Gasteiger charge is -2.13. The molecule has 110 valence electrons. The van der Waals surface area contributed by atoms with Gasteiger partial charge in [-0.2, -0.15) is 0 Å². The number of ketones is 1. The molecule has 1 unspecified atom stereocenters. The van der Waals surface area contributed by atoms with Crippen LogP contribution in [0.15, 0.2) is 18.2 Å². The van der Waals surface area contributed by atoms with Crippen LogP contribution < -0.4 is 9.47 Å². The Kier molecular flexibility index (Phi) is 5.34. The molecule has 1 heterocycles. The Hall–Kier alpha value is -1.63. The van der Waals surface area contributed by atoms with Crippen LogP contribution in [-0.4, -0.2) is 57.1 Å². The molecule has 0 radical (unpaired) electrons. The number of aliphatic hydroxyl groups is 1. The maximum absolute atomic E-state index is 11.4. The third-order valence-corrected chi connectivity index (χ3v) is 2.80. The highest BCUT2D eigenvalue weighted by Gasteiger charge is 2.21. The molecule has 6 heteroatoms. The van der Waals surface area contributed by atoms with Crippen LogP contribution in [0.5, 0.6) is 11.5 Å². The van der Waals surface area contributed by atoms with E-state index in [9.17, 15) is 9.90 Å². The second-order valence-corrected chi connectivity index (χ2v) is 4.40. The molecule has 0 amide bonds. The number of Topliss-reactive ketones (excluding diaryl/α,β-unsaturated/α-hetero) is 1. The van der Waals surface area contributed by atoms with E-state index in [2.05, 4.69) is 0 Å². The molecule has 0 aromatic heterocycles. The summed E-state index contributed by atoms with van der Waals surface area (Å²) in [5.41, 5.74) is 0.570. The SMILES string of the molecule is COCCOCC(O)COc1ccc2c(c1)OCC2=O. The number of aliphatic hydroxyl groups excluding tert-OH is 1. The van der Waals surface area contributed by atoms with Crippen LogP contribution in [-0.2, 0) is 9.47 Å². The van der Waals surface area contributed by atoms with Crippen molar-refractivity contribution < 1.29 is 28.8 Å². The van der Waals surface area contributed by atoms with Gasteiger partial charge in [-0.1, -0.05) is 0 Å². The minimum absolute atomic E-state index is 0.0295. The normalized spacial score (nSPS) is 14.8. The van der Waals surface area contributed by atoms with Crippen molar-refractivity contribution in [2.45, 2.75) is 6.10 Å². The van der Waals surface area contributed by atoms with Crippen molar-refractivity contribution in [1.29, 1.82) is 0 Å². The summed E-state index contributed by atoms with van der Waals surface area (Å²) in [6, 6.07) is 5.00. The summed E-state index contributed by atoms with van der Waals surface area (Å²) in [6.45, 7) is 1.30. The molecule has 6 nitrogen and oxygen atoms in total. The molecule has 20 heavy (non-hydrogen) atoms. The molecule has 1 N–H and O–H groups in total. The maximum atomic E-state index is 11.4. The predicted molar refractivity (Wildman–Crippen MR) is 70.5 cm³/mol. The van der Waals surface area contributed by atoms with Crippen LogP contribution in [0, 0.1) is 0 Å². The van der Waals surface area contributed by atoms with Gasteiger partial charge in [-0.3, -0.25) is 4.79 Å². The van der Waals surface area contributed by atoms with Gasteiger partial charge in [0.2, 0.25) is 5.78 Å². The molecular weight excluding hydrogens is 264 g/mol. The first-order chi connectivity index (χ1) is 9.70. The van der Waals surface area contributed by atoms with E-state index in [0.29, 0.717) is 30.3 Å². The Morgan fingerprint density at radius 3 is 3.00 bits per heavy atom. The lowest BCUT2D eigenvalue weighted by Crippen LogP contribution is -2.24. The van der Waals surface area contributed by atoms with E-state index in [-0.39, 0.29) is 25.6 Å². The highest BCUT2D eigenvalue weighted by molar-refractivity contribution is 6.02. The number of methoxy groups -OCH3 is 1. The van der Waals surface area contributed by atoms with Gasteiger partial charge in [0.1, 0.15) is 24.2 Å². The quantitative estimate of drug-likeness (QED) is 0.706. The van der Waals surface area contributed by atoms with Crippen molar-refractivity contribution in [1.82, 2.24) is 0 Å². The van der Waals surface area contributed by atoms with E-state index in [1.54, 1.807) is 25.3 Å². The Labute approximate surface area is 117 Å².